The first-order valence-electron chi connectivity index (χ1n) is 11.2. The number of rotatable bonds is 5. The van der Waals surface area contributed by atoms with E-state index >= 15 is 0 Å². The third kappa shape index (κ3) is 4.26. The summed E-state index contributed by atoms with van der Waals surface area (Å²) in [5, 5.41) is 6.31. The lowest BCUT2D eigenvalue weighted by atomic mass is 10.1. The number of benzene rings is 1. The Bertz CT molecular complexity index is 1380. The van der Waals surface area contributed by atoms with Gasteiger partial charge in [-0.1, -0.05) is 11.6 Å². The van der Waals surface area contributed by atoms with Crippen molar-refractivity contribution in [3.63, 3.8) is 0 Å². The molecule has 0 unspecified atom stereocenters. The second-order valence-electron chi connectivity index (χ2n) is 8.67. The van der Waals surface area contributed by atoms with Crippen LogP contribution in [0.25, 0.3) is 28.4 Å². The van der Waals surface area contributed by atoms with Crippen LogP contribution in [0.15, 0.2) is 42.2 Å². The Morgan fingerprint density at radius 1 is 1.09 bits per heavy atom. The fraction of sp³-hybridized carbons (Fsp3) is 0.280. The summed E-state index contributed by atoms with van der Waals surface area (Å²) in [4.78, 5) is 17.1. The zero-order chi connectivity index (χ0) is 23.8. The average Bonchev–Trinajstić information content (AvgIpc) is 3.43. The van der Waals surface area contributed by atoms with Gasteiger partial charge in [-0.2, -0.15) is 0 Å². The molecule has 1 aromatic carbocycles. The van der Waals surface area contributed by atoms with Crippen molar-refractivity contribution in [3.05, 3.63) is 65.3 Å². The number of aryl methyl sites for hydroxylation is 1. The average molecular weight is 462 g/mol. The van der Waals surface area contributed by atoms with E-state index in [0.717, 1.165) is 31.3 Å². The van der Waals surface area contributed by atoms with Gasteiger partial charge in [0.2, 0.25) is 5.95 Å². The Morgan fingerprint density at radius 3 is 2.65 bits per heavy atom. The van der Waals surface area contributed by atoms with E-state index in [4.69, 9.17) is 0 Å². The van der Waals surface area contributed by atoms with Crippen LogP contribution in [0.3, 0.4) is 0 Å². The van der Waals surface area contributed by atoms with Crippen molar-refractivity contribution >= 4 is 28.9 Å². The summed E-state index contributed by atoms with van der Waals surface area (Å²) < 4.78 is 31.5. The second kappa shape index (κ2) is 8.90. The lowest BCUT2D eigenvalue weighted by molar-refractivity contribution is 0.600. The Hall–Kier alpha value is -3.72. The summed E-state index contributed by atoms with van der Waals surface area (Å²) in [6.45, 7) is 7.71. The highest BCUT2D eigenvalue weighted by Crippen LogP contribution is 2.30. The van der Waals surface area contributed by atoms with Crippen LogP contribution in [0, 0.1) is 18.6 Å². The molecule has 0 atom stereocenters. The molecule has 4 heterocycles. The normalized spacial score (nSPS) is 15.1. The SMILES string of the molecule is Cc1nc2c(F)cc(-c3nc(Nc4ccc(/C=C5/CCNC5)cn4)ncc3F)cc2n1C(C)C. The van der Waals surface area contributed by atoms with Crippen LogP contribution < -0.4 is 10.6 Å². The van der Waals surface area contributed by atoms with E-state index in [1.807, 2.05) is 37.5 Å². The van der Waals surface area contributed by atoms with Crippen LogP contribution in [0.1, 0.15) is 37.7 Å². The van der Waals surface area contributed by atoms with Gasteiger partial charge >= 0.3 is 0 Å². The van der Waals surface area contributed by atoms with Crippen molar-refractivity contribution in [1.82, 2.24) is 29.8 Å². The van der Waals surface area contributed by atoms with Crippen LogP contribution in [-0.4, -0.2) is 37.6 Å². The first-order chi connectivity index (χ1) is 16.4. The zero-order valence-corrected chi connectivity index (χ0v) is 19.2. The van der Waals surface area contributed by atoms with Crippen molar-refractivity contribution in [2.75, 3.05) is 18.4 Å². The van der Waals surface area contributed by atoms with E-state index in [0.29, 0.717) is 22.7 Å². The number of halogens is 2. The molecule has 1 aliphatic rings. The van der Waals surface area contributed by atoms with Gasteiger partial charge in [0.1, 0.15) is 22.9 Å². The molecule has 1 saturated heterocycles. The lowest BCUT2D eigenvalue weighted by Crippen LogP contribution is -2.04. The molecular formula is C25H25F2N7. The summed E-state index contributed by atoms with van der Waals surface area (Å²) >= 11 is 0. The van der Waals surface area contributed by atoms with Crippen LogP contribution >= 0.6 is 0 Å². The van der Waals surface area contributed by atoms with Gasteiger partial charge in [0.05, 0.1) is 11.7 Å². The molecule has 34 heavy (non-hydrogen) atoms. The summed E-state index contributed by atoms with van der Waals surface area (Å²) in [5.41, 5.74) is 3.52. The topological polar surface area (TPSA) is 80.6 Å². The molecule has 5 rings (SSSR count). The molecule has 0 aliphatic carbocycles. The van der Waals surface area contributed by atoms with Crippen LogP contribution in [-0.2, 0) is 0 Å². The number of pyridine rings is 1. The Labute approximate surface area is 196 Å². The van der Waals surface area contributed by atoms with Gasteiger partial charge in [-0.25, -0.2) is 28.7 Å². The maximum Gasteiger partial charge on any atom is 0.229 e. The number of nitrogens with one attached hydrogen (secondary N) is 2. The van der Waals surface area contributed by atoms with Gasteiger partial charge < -0.3 is 15.2 Å². The van der Waals surface area contributed by atoms with E-state index in [2.05, 4.69) is 36.6 Å². The van der Waals surface area contributed by atoms with Crippen LogP contribution in [0.2, 0.25) is 0 Å². The highest BCUT2D eigenvalue weighted by molar-refractivity contribution is 5.83. The Kier molecular flexibility index (Phi) is 5.79. The number of hydrogen-bond acceptors (Lipinski definition) is 6. The fourth-order valence-electron chi connectivity index (χ4n) is 4.31. The molecule has 0 bridgehead atoms. The molecule has 3 aromatic heterocycles. The minimum Gasteiger partial charge on any atom is -0.326 e. The van der Waals surface area contributed by atoms with Crippen molar-refractivity contribution in [2.24, 2.45) is 0 Å². The fourth-order valence-corrected chi connectivity index (χ4v) is 4.31. The quantitative estimate of drug-likeness (QED) is 0.427. The molecule has 2 N–H and O–H groups in total. The monoisotopic (exact) mass is 461 g/mol. The molecule has 1 aliphatic heterocycles. The Morgan fingerprint density at radius 2 is 1.94 bits per heavy atom. The number of nitrogens with zero attached hydrogens (tertiary/aromatic N) is 5. The number of fused-ring (bicyclic) bond motifs is 1. The van der Waals surface area contributed by atoms with Crippen LogP contribution in [0.4, 0.5) is 20.5 Å². The van der Waals surface area contributed by atoms with E-state index in [1.54, 1.807) is 12.3 Å². The van der Waals surface area contributed by atoms with Crippen LogP contribution in [0.5, 0.6) is 0 Å². The number of imidazole rings is 1. The van der Waals surface area contributed by atoms with Gasteiger partial charge in [0.15, 0.2) is 11.6 Å². The van der Waals surface area contributed by atoms with Gasteiger partial charge in [-0.15, -0.1) is 0 Å². The van der Waals surface area contributed by atoms with Gasteiger partial charge in [0, 0.05) is 24.3 Å². The molecule has 4 aromatic rings. The van der Waals surface area contributed by atoms with E-state index in [9.17, 15) is 8.78 Å². The third-order valence-corrected chi connectivity index (χ3v) is 5.83. The summed E-state index contributed by atoms with van der Waals surface area (Å²) in [5.74, 6) is 0.229. The van der Waals surface area contributed by atoms with Crippen molar-refractivity contribution in [3.8, 4) is 11.3 Å². The molecule has 0 amide bonds. The standard InChI is InChI=1S/C25H25F2N7/c1-14(2)34-15(3)31-24-19(26)9-18(10-21(24)34)23-20(27)13-30-25(33-23)32-22-5-4-16(12-29-22)8-17-6-7-28-11-17/h4-5,8-10,12-14,28H,6-7,11H2,1-3H3,(H,29,30,32,33)/b17-8-. The lowest BCUT2D eigenvalue weighted by Gasteiger charge is -2.12. The van der Waals surface area contributed by atoms with Gasteiger partial charge in [0.25, 0.3) is 0 Å². The van der Waals surface area contributed by atoms with E-state index < -0.39 is 11.6 Å². The smallest absolute Gasteiger partial charge is 0.229 e. The predicted octanol–water partition coefficient (Wildman–Crippen LogP) is 5.18. The molecule has 9 heteroatoms. The highest BCUT2D eigenvalue weighted by atomic mass is 19.1. The molecular weight excluding hydrogens is 436 g/mol. The van der Waals surface area contributed by atoms with Crippen molar-refractivity contribution in [2.45, 2.75) is 33.2 Å². The number of hydrogen-bond donors (Lipinski definition) is 2. The predicted molar refractivity (Wildman–Crippen MR) is 129 cm³/mol. The summed E-state index contributed by atoms with van der Waals surface area (Å²) in [7, 11) is 0. The van der Waals surface area contributed by atoms with Gasteiger partial charge in [-0.05, 0) is 63.6 Å². The largest absolute Gasteiger partial charge is 0.326 e. The molecule has 1 fully saturated rings. The minimum absolute atomic E-state index is 0.00236. The summed E-state index contributed by atoms with van der Waals surface area (Å²) in [6, 6.07) is 6.81. The molecule has 0 spiro atoms. The number of anilines is 2. The van der Waals surface area contributed by atoms with Crippen molar-refractivity contribution in [1.29, 1.82) is 0 Å². The molecule has 174 valence electrons. The summed E-state index contributed by atoms with van der Waals surface area (Å²) in [6.07, 6.45) is 5.99. The Balaban J connectivity index is 1.46. The second-order valence-corrected chi connectivity index (χ2v) is 8.67. The molecule has 0 saturated carbocycles. The maximum atomic E-state index is 14.9. The maximum absolute atomic E-state index is 14.9. The molecule has 7 nitrogen and oxygen atoms in total. The van der Waals surface area contributed by atoms with E-state index in [-0.39, 0.29) is 23.2 Å². The highest BCUT2D eigenvalue weighted by Gasteiger charge is 2.18. The first-order valence-corrected chi connectivity index (χ1v) is 11.2. The van der Waals surface area contributed by atoms with E-state index in [1.165, 1.54) is 11.6 Å². The molecule has 0 radical (unpaired) electrons. The minimum atomic E-state index is -0.642. The number of aromatic nitrogens is 5. The zero-order valence-electron chi connectivity index (χ0n) is 19.2. The van der Waals surface area contributed by atoms with Crippen molar-refractivity contribution < 1.29 is 8.78 Å². The third-order valence-electron chi connectivity index (χ3n) is 5.83. The van der Waals surface area contributed by atoms with Gasteiger partial charge in [-0.3, -0.25) is 0 Å². The first kappa shape index (κ1) is 22.1.